The van der Waals surface area contributed by atoms with Crippen LogP contribution < -0.4 is 9.64 Å². The van der Waals surface area contributed by atoms with Crippen LogP contribution in [0.2, 0.25) is 5.02 Å². The SMILES string of the molecule is O=C(O)c1cc(C2=C(c3cc(Cl)ccc3OCc3ccccc3)CCC2)cc(N2CCOCC2)c1. The van der Waals surface area contributed by atoms with E-state index in [9.17, 15) is 9.90 Å². The van der Waals surface area contributed by atoms with Gasteiger partial charge in [-0.1, -0.05) is 41.9 Å². The number of carbonyl (C=O) groups is 1. The number of morpholine rings is 1. The maximum Gasteiger partial charge on any atom is 0.335 e. The van der Waals surface area contributed by atoms with Gasteiger partial charge in [-0.05, 0) is 77.9 Å². The van der Waals surface area contributed by atoms with Crippen LogP contribution in [0.3, 0.4) is 0 Å². The zero-order chi connectivity index (χ0) is 24.2. The Bertz CT molecular complexity index is 1250. The Morgan fingerprint density at radius 2 is 1.74 bits per heavy atom. The van der Waals surface area contributed by atoms with Crippen molar-refractivity contribution in [2.24, 2.45) is 0 Å². The van der Waals surface area contributed by atoms with E-state index in [0.717, 1.165) is 66.1 Å². The van der Waals surface area contributed by atoms with Gasteiger partial charge in [0.2, 0.25) is 0 Å². The van der Waals surface area contributed by atoms with E-state index >= 15 is 0 Å². The van der Waals surface area contributed by atoms with Gasteiger partial charge in [-0.3, -0.25) is 0 Å². The predicted octanol–water partition coefficient (Wildman–Crippen LogP) is 6.55. The lowest BCUT2D eigenvalue weighted by Crippen LogP contribution is -2.36. The van der Waals surface area contributed by atoms with Crippen LogP contribution in [0.5, 0.6) is 5.75 Å². The van der Waals surface area contributed by atoms with Crippen molar-refractivity contribution in [3.05, 3.63) is 94.0 Å². The van der Waals surface area contributed by atoms with E-state index in [2.05, 4.69) is 11.0 Å². The van der Waals surface area contributed by atoms with Crippen molar-refractivity contribution in [1.29, 1.82) is 0 Å². The van der Waals surface area contributed by atoms with Gasteiger partial charge in [-0.2, -0.15) is 0 Å². The quantitative estimate of drug-likeness (QED) is 0.408. The van der Waals surface area contributed by atoms with Crippen LogP contribution in [-0.2, 0) is 11.3 Å². The van der Waals surface area contributed by atoms with E-state index in [1.807, 2.05) is 48.5 Å². The van der Waals surface area contributed by atoms with E-state index in [1.54, 1.807) is 12.1 Å². The third-order valence-electron chi connectivity index (χ3n) is 6.61. The Kier molecular flexibility index (Phi) is 7.07. The van der Waals surface area contributed by atoms with E-state index in [-0.39, 0.29) is 0 Å². The molecule has 1 aliphatic carbocycles. The molecule has 0 atom stereocenters. The summed E-state index contributed by atoms with van der Waals surface area (Å²) in [5, 5.41) is 10.5. The minimum Gasteiger partial charge on any atom is -0.488 e. The molecule has 5 nitrogen and oxygen atoms in total. The molecule has 0 unspecified atom stereocenters. The number of carboxylic acids is 1. The number of hydrogen-bond acceptors (Lipinski definition) is 4. The number of nitrogens with zero attached hydrogens (tertiary/aromatic N) is 1. The molecule has 1 N–H and O–H groups in total. The van der Waals surface area contributed by atoms with E-state index < -0.39 is 5.97 Å². The second kappa shape index (κ2) is 10.5. The van der Waals surface area contributed by atoms with E-state index in [1.165, 1.54) is 5.57 Å². The molecule has 3 aromatic carbocycles. The third-order valence-corrected chi connectivity index (χ3v) is 6.85. The van der Waals surface area contributed by atoms with Crippen LogP contribution in [0.15, 0.2) is 66.7 Å². The maximum absolute atomic E-state index is 12.0. The Labute approximate surface area is 210 Å². The maximum atomic E-state index is 12.0. The van der Waals surface area contributed by atoms with Crippen molar-refractivity contribution in [2.75, 3.05) is 31.2 Å². The number of anilines is 1. The second-order valence-corrected chi connectivity index (χ2v) is 9.33. The van der Waals surface area contributed by atoms with Gasteiger partial charge >= 0.3 is 5.97 Å². The number of aromatic carboxylic acids is 1. The van der Waals surface area contributed by atoms with Gasteiger partial charge in [-0.25, -0.2) is 4.79 Å². The molecule has 180 valence electrons. The number of allylic oxidation sites excluding steroid dienone is 2. The Morgan fingerprint density at radius 1 is 0.971 bits per heavy atom. The van der Waals surface area contributed by atoms with Crippen LogP contribution in [0.25, 0.3) is 11.1 Å². The summed E-state index contributed by atoms with van der Waals surface area (Å²) in [6.45, 7) is 3.25. The van der Waals surface area contributed by atoms with Crippen molar-refractivity contribution >= 4 is 34.4 Å². The molecule has 3 aromatic rings. The normalized spacial score (nSPS) is 16.0. The molecule has 1 heterocycles. The molecular formula is C29H28ClNO4. The van der Waals surface area contributed by atoms with Crippen molar-refractivity contribution in [3.63, 3.8) is 0 Å². The highest BCUT2D eigenvalue weighted by Gasteiger charge is 2.23. The molecule has 1 aliphatic heterocycles. The van der Waals surface area contributed by atoms with Gasteiger partial charge < -0.3 is 19.5 Å². The average Bonchev–Trinajstić information content (AvgIpc) is 3.39. The molecule has 0 spiro atoms. The van der Waals surface area contributed by atoms with E-state index in [4.69, 9.17) is 21.1 Å². The van der Waals surface area contributed by atoms with Crippen LogP contribution in [-0.4, -0.2) is 37.4 Å². The second-order valence-electron chi connectivity index (χ2n) is 8.90. The minimum atomic E-state index is -0.920. The number of halogens is 1. The molecule has 0 saturated carbocycles. The zero-order valence-electron chi connectivity index (χ0n) is 19.5. The highest BCUT2D eigenvalue weighted by molar-refractivity contribution is 6.30. The first kappa shape index (κ1) is 23.5. The Hall–Kier alpha value is -3.28. The smallest absolute Gasteiger partial charge is 0.335 e. The summed E-state index contributed by atoms with van der Waals surface area (Å²) in [4.78, 5) is 14.2. The average molecular weight is 490 g/mol. The zero-order valence-corrected chi connectivity index (χ0v) is 20.3. The van der Waals surface area contributed by atoms with Gasteiger partial charge in [0, 0.05) is 29.4 Å². The molecule has 0 bridgehead atoms. The first-order valence-corrected chi connectivity index (χ1v) is 12.4. The molecule has 0 radical (unpaired) electrons. The first-order chi connectivity index (χ1) is 17.1. The highest BCUT2D eigenvalue weighted by Crippen LogP contribution is 2.44. The van der Waals surface area contributed by atoms with Gasteiger partial charge in [0.25, 0.3) is 0 Å². The lowest BCUT2D eigenvalue weighted by molar-refractivity contribution is 0.0697. The summed E-state index contributed by atoms with van der Waals surface area (Å²) in [6, 6.07) is 21.5. The lowest BCUT2D eigenvalue weighted by atomic mass is 9.94. The number of benzene rings is 3. The minimum absolute atomic E-state index is 0.300. The van der Waals surface area contributed by atoms with Crippen molar-refractivity contribution in [2.45, 2.75) is 25.9 Å². The molecule has 35 heavy (non-hydrogen) atoms. The predicted molar refractivity (Wildman–Crippen MR) is 139 cm³/mol. The lowest BCUT2D eigenvalue weighted by Gasteiger charge is -2.29. The van der Waals surface area contributed by atoms with Crippen molar-refractivity contribution in [1.82, 2.24) is 0 Å². The molecule has 0 aromatic heterocycles. The van der Waals surface area contributed by atoms with Gasteiger partial charge in [0.15, 0.2) is 0 Å². The molecule has 0 amide bonds. The molecule has 1 saturated heterocycles. The van der Waals surface area contributed by atoms with Gasteiger partial charge in [-0.15, -0.1) is 0 Å². The van der Waals surface area contributed by atoms with Crippen LogP contribution in [0.1, 0.15) is 46.3 Å². The number of rotatable bonds is 7. The van der Waals surface area contributed by atoms with Crippen LogP contribution >= 0.6 is 11.6 Å². The number of ether oxygens (including phenoxy) is 2. The topological polar surface area (TPSA) is 59.0 Å². The van der Waals surface area contributed by atoms with Gasteiger partial charge in [0.05, 0.1) is 18.8 Å². The molecule has 2 aliphatic rings. The van der Waals surface area contributed by atoms with Crippen molar-refractivity contribution < 1.29 is 19.4 Å². The van der Waals surface area contributed by atoms with Crippen LogP contribution in [0.4, 0.5) is 5.69 Å². The highest BCUT2D eigenvalue weighted by atomic mass is 35.5. The summed E-state index contributed by atoms with van der Waals surface area (Å²) in [7, 11) is 0. The summed E-state index contributed by atoms with van der Waals surface area (Å²) in [6.07, 6.45) is 2.77. The monoisotopic (exact) mass is 489 g/mol. The number of carboxylic acid groups (broad SMARTS) is 1. The fraction of sp³-hybridized carbons (Fsp3) is 0.276. The summed E-state index contributed by atoms with van der Waals surface area (Å²) < 4.78 is 11.7. The fourth-order valence-electron chi connectivity index (χ4n) is 4.87. The Morgan fingerprint density at radius 3 is 2.51 bits per heavy atom. The third kappa shape index (κ3) is 5.37. The molecule has 1 fully saturated rings. The van der Waals surface area contributed by atoms with Crippen molar-refractivity contribution in [3.8, 4) is 5.75 Å². The summed E-state index contributed by atoms with van der Waals surface area (Å²) in [5.74, 6) is -0.133. The number of hydrogen-bond donors (Lipinski definition) is 1. The molecular weight excluding hydrogens is 462 g/mol. The Balaban J connectivity index is 1.54. The summed E-state index contributed by atoms with van der Waals surface area (Å²) >= 11 is 6.43. The standard InChI is InChI=1S/C29H28ClNO4/c30-23-9-10-28(35-19-20-5-2-1-3-6-20)27(18-23)26-8-4-7-25(26)21-15-22(29(32)33)17-24(16-21)31-11-13-34-14-12-31/h1-3,5-6,9-10,15-18H,4,7-8,11-14,19H2,(H,32,33). The van der Waals surface area contributed by atoms with Crippen LogP contribution in [0, 0.1) is 0 Å². The van der Waals surface area contributed by atoms with Gasteiger partial charge in [0.1, 0.15) is 12.4 Å². The van der Waals surface area contributed by atoms with E-state index in [0.29, 0.717) is 30.4 Å². The largest absolute Gasteiger partial charge is 0.488 e. The summed E-state index contributed by atoms with van der Waals surface area (Å²) in [5.41, 5.74) is 6.59. The fourth-order valence-corrected chi connectivity index (χ4v) is 5.04. The molecule has 5 rings (SSSR count). The molecule has 6 heteroatoms. The first-order valence-electron chi connectivity index (χ1n) is 12.0.